The molecule has 0 saturated carbocycles. The molecule has 0 spiro atoms. The molecule has 0 fully saturated rings. The van der Waals surface area contributed by atoms with Crippen molar-refractivity contribution in [1.29, 1.82) is 0 Å². The van der Waals surface area contributed by atoms with Crippen LogP contribution in [0.15, 0.2) is 70.0 Å². The van der Waals surface area contributed by atoms with Gasteiger partial charge in [-0.25, -0.2) is 9.59 Å². The van der Waals surface area contributed by atoms with Gasteiger partial charge in [-0.2, -0.15) is 0 Å². The first-order valence-electron chi connectivity index (χ1n) is 9.23. The molecular formula is C22H18N2O6. The third kappa shape index (κ3) is 4.17. The SMILES string of the molecule is O=C(COc1ccc2ccc(=O)oc2c1)N[C@H](Cc1c[nH]c2ccccc12)C(=O)O. The van der Waals surface area contributed by atoms with Crippen molar-refractivity contribution in [3.63, 3.8) is 0 Å². The van der Waals surface area contributed by atoms with Crippen LogP contribution in [-0.2, 0) is 16.0 Å². The summed E-state index contributed by atoms with van der Waals surface area (Å²) in [5.74, 6) is -1.38. The fourth-order valence-electron chi connectivity index (χ4n) is 3.24. The number of carbonyl (C=O) groups excluding carboxylic acids is 1. The minimum atomic E-state index is -1.14. The van der Waals surface area contributed by atoms with Crippen LogP contribution in [0.1, 0.15) is 5.56 Å². The maximum Gasteiger partial charge on any atom is 0.336 e. The summed E-state index contributed by atoms with van der Waals surface area (Å²) in [7, 11) is 0. The number of carbonyl (C=O) groups is 2. The highest BCUT2D eigenvalue weighted by Gasteiger charge is 2.22. The first-order chi connectivity index (χ1) is 14.5. The number of para-hydroxylation sites is 1. The lowest BCUT2D eigenvalue weighted by molar-refractivity contribution is -0.142. The van der Waals surface area contributed by atoms with Crippen molar-refractivity contribution < 1.29 is 23.8 Å². The standard InChI is InChI=1S/C22H18N2O6/c25-20(12-29-15-7-5-13-6-8-21(26)30-19(13)10-15)24-18(22(27)28)9-14-11-23-17-4-2-1-3-16(14)17/h1-8,10-11,18,23H,9,12H2,(H,24,25)(H,27,28)/t18-/m1/s1. The molecule has 2 aromatic heterocycles. The van der Waals surface area contributed by atoms with E-state index in [1.807, 2.05) is 24.3 Å². The number of hydrogen-bond donors (Lipinski definition) is 3. The lowest BCUT2D eigenvalue weighted by atomic mass is 10.1. The number of benzene rings is 2. The monoisotopic (exact) mass is 406 g/mol. The van der Waals surface area contributed by atoms with E-state index in [-0.39, 0.29) is 13.0 Å². The summed E-state index contributed by atoms with van der Waals surface area (Å²) >= 11 is 0. The number of hydrogen-bond acceptors (Lipinski definition) is 5. The fraction of sp³-hybridized carbons (Fsp3) is 0.136. The summed E-state index contributed by atoms with van der Waals surface area (Å²) in [5.41, 5.74) is 1.54. The number of carboxylic acids is 1. The maximum absolute atomic E-state index is 12.3. The van der Waals surface area contributed by atoms with Crippen molar-refractivity contribution >= 4 is 33.7 Å². The molecule has 8 heteroatoms. The average molecular weight is 406 g/mol. The molecule has 0 radical (unpaired) electrons. The van der Waals surface area contributed by atoms with Crippen LogP contribution < -0.4 is 15.7 Å². The molecular weight excluding hydrogens is 388 g/mol. The van der Waals surface area contributed by atoms with Gasteiger partial charge in [-0.1, -0.05) is 18.2 Å². The Balaban J connectivity index is 1.41. The topological polar surface area (TPSA) is 122 Å². The number of H-pyrrole nitrogens is 1. The van der Waals surface area contributed by atoms with Gasteiger partial charge in [-0.15, -0.1) is 0 Å². The van der Waals surface area contributed by atoms with Crippen LogP contribution in [0.25, 0.3) is 21.9 Å². The number of aliphatic carboxylic acids is 1. The summed E-state index contributed by atoms with van der Waals surface area (Å²) in [6, 6.07) is 14.2. The molecule has 1 atom stereocenters. The minimum absolute atomic E-state index is 0.131. The highest BCUT2D eigenvalue weighted by Crippen LogP contribution is 2.20. The molecule has 0 unspecified atom stereocenters. The molecule has 0 aliphatic carbocycles. The lowest BCUT2D eigenvalue weighted by Gasteiger charge is -2.15. The number of fused-ring (bicyclic) bond motifs is 2. The molecule has 8 nitrogen and oxygen atoms in total. The molecule has 2 heterocycles. The predicted octanol–water partition coefficient (Wildman–Crippen LogP) is 2.47. The lowest BCUT2D eigenvalue weighted by Crippen LogP contribution is -2.44. The summed E-state index contributed by atoms with van der Waals surface area (Å²) in [6.07, 6.45) is 1.87. The molecule has 0 aliphatic heterocycles. The van der Waals surface area contributed by atoms with Crippen LogP contribution in [0.4, 0.5) is 0 Å². The molecule has 0 bridgehead atoms. The summed E-state index contributed by atoms with van der Waals surface area (Å²) in [6.45, 7) is -0.375. The van der Waals surface area contributed by atoms with Crippen molar-refractivity contribution in [3.05, 3.63) is 76.8 Å². The van der Waals surface area contributed by atoms with Crippen LogP contribution in [0.3, 0.4) is 0 Å². The van der Waals surface area contributed by atoms with Gasteiger partial charge < -0.3 is 24.6 Å². The van der Waals surface area contributed by atoms with E-state index in [1.54, 1.807) is 24.4 Å². The number of carboxylic acid groups (broad SMARTS) is 1. The Hall–Kier alpha value is -4.07. The zero-order valence-corrected chi connectivity index (χ0v) is 15.8. The second-order valence-corrected chi connectivity index (χ2v) is 6.76. The first kappa shape index (κ1) is 19.3. The summed E-state index contributed by atoms with van der Waals surface area (Å²) in [4.78, 5) is 38.3. The molecule has 0 saturated heterocycles. The van der Waals surface area contributed by atoms with Crippen LogP contribution in [0.2, 0.25) is 0 Å². The normalized spacial score (nSPS) is 12.0. The summed E-state index contributed by atoms with van der Waals surface area (Å²) < 4.78 is 10.5. The van der Waals surface area contributed by atoms with Gasteiger partial charge in [0.05, 0.1) is 0 Å². The molecule has 3 N–H and O–H groups in total. The number of aromatic amines is 1. The van der Waals surface area contributed by atoms with Crippen molar-refractivity contribution in [2.24, 2.45) is 0 Å². The second kappa shape index (κ2) is 8.12. The highest BCUT2D eigenvalue weighted by atomic mass is 16.5. The van der Waals surface area contributed by atoms with Gasteiger partial charge in [0.1, 0.15) is 17.4 Å². The van der Waals surface area contributed by atoms with E-state index in [0.717, 1.165) is 21.9 Å². The highest BCUT2D eigenvalue weighted by molar-refractivity contribution is 5.87. The minimum Gasteiger partial charge on any atom is -0.484 e. The molecule has 0 aliphatic rings. The first-order valence-corrected chi connectivity index (χ1v) is 9.23. The van der Waals surface area contributed by atoms with E-state index in [4.69, 9.17) is 9.15 Å². The Kier molecular flexibility index (Phi) is 5.21. The van der Waals surface area contributed by atoms with Crippen LogP contribution in [0, 0.1) is 0 Å². The van der Waals surface area contributed by atoms with E-state index < -0.39 is 23.5 Å². The number of nitrogens with one attached hydrogen (secondary N) is 2. The van der Waals surface area contributed by atoms with Crippen LogP contribution in [0.5, 0.6) is 5.75 Å². The van der Waals surface area contributed by atoms with Gasteiger partial charge in [0.15, 0.2) is 6.61 Å². The van der Waals surface area contributed by atoms with Gasteiger partial charge in [0, 0.05) is 41.0 Å². The molecule has 152 valence electrons. The van der Waals surface area contributed by atoms with Gasteiger partial charge >= 0.3 is 11.6 Å². The third-order valence-corrected chi connectivity index (χ3v) is 4.70. The van der Waals surface area contributed by atoms with Crippen LogP contribution in [-0.4, -0.2) is 34.6 Å². The van der Waals surface area contributed by atoms with Crippen molar-refractivity contribution in [3.8, 4) is 5.75 Å². The Bertz CT molecular complexity index is 1290. The van der Waals surface area contributed by atoms with E-state index in [0.29, 0.717) is 11.3 Å². The molecule has 4 aromatic rings. The number of rotatable bonds is 7. The number of ether oxygens (including phenoxy) is 1. The Morgan fingerprint density at radius 3 is 2.77 bits per heavy atom. The van der Waals surface area contributed by atoms with E-state index in [9.17, 15) is 19.5 Å². The van der Waals surface area contributed by atoms with Crippen molar-refractivity contribution in [2.75, 3.05) is 6.61 Å². The van der Waals surface area contributed by atoms with Gasteiger partial charge in [0.25, 0.3) is 5.91 Å². The number of aromatic nitrogens is 1. The Morgan fingerprint density at radius 1 is 1.13 bits per heavy atom. The average Bonchev–Trinajstić information content (AvgIpc) is 3.14. The largest absolute Gasteiger partial charge is 0.484 e. The second-order valence-electron chi connectivity index (χ2n) is 6.76. The fourth-order valence-corrected chi connectivity index (χ4v) is 3.24. The van der Waals surface area contributed by atoms with E-state index in [2.05, 4.69) is 10.3 Å². The zero-order valence-electron chi connectivity index (χ0n) is 15.8. The quantitative estimate of drug-likeness (QED) is 0.405. The molecule has 30 heavy (non-hydrogen) atoms. The van der Waals surface area contributed by atoms with Crippen LogP contribution >= 0.6 is 0 Å². The smallest absolute Gasteiger partial charge is 0.336 e. The predicted molar refractivity (Wildman–Crippen MR) is 110 cm³/mol. The Labute approximate surface area is 170 Å². The third-order valence-electron chi connectivity index (χ3n) is 4.70. The van der Waals surface area contributed by atoms with E-state index in [1.165, 1.54) is 12.1 Å². The van der Waals surface area contributed by atoms with Crippen molar-refractivity contribution in [2.45, 2.75) is 12.5 Å². The maximum atomic E-state index is 12.3. The molecule has 1 amide bonds. The van der Waals surface area contributed by atoms with Gasteiger partial charge in [-0.3, -0.25) is 4.79 Å². The Morgan fingerprint density at radius 2 is 1.93 bits per heavy atom. The molecule has 2 aromatic carbocycles. The van der Waals surface area contributed by atoms with Gasteiger partial charge in [0.2, 0.25) is 0 Å². The zero-order chi connectivity index (χ0) is 21.1. The van der Waals surface area contributed by atoms with Crippen molar-refractivity contribution in [1.82, 2.24) is 10.3 Å². The summed E-state index contributed by atoms with van der Waals surface area (Å²) in [5, 5.41) is 13.6. The van der Waals surface area contributed by atoms with Gasteiger partial charge in [-0.05, 0) is 29.8 Å². The van der Waals surface area contributed by atoms with E-state index >= 15 is 0 Å². The molecule has 4 rings (SSSR count). The number of amides is 1.